The van der Waals surface area contributed by atoms with E-state index >= 15 is 0 Å². The van der Waals surface area contributed by atoms with Crippen molar-refractivity contribution in [2.24, 2.45) is 5.41 Å². The molecule has 0 aliphatic heterocycles. The maximum Gasteiger partial charge on any atom is 0.238 e. The van der Waals surface area contributed by atoms with Gasteiger partial charge in [-0.2, -0.15) is 0 Å². The van der Waals surface area contributed by atoms with E-state index in [2.05, 4.69) is 10.6 Å². The summed E-state index contributed by atoms with van der Waals surface area (Å²) >= 11 is 0. The van der Waals surface area contributed by atoms with Crippen molar-refractivity contribution in [2.75, 3.05) is 14.2 Å². The second-order valence-electron chi connectivity index (χ2n) is 7.66. The smallest absolute Gasteiger partial charge is 0.238 e. The first-order valence-electron chi connectivity index (χ1n) is 8.15. The van der Waals surface area contributed by atoms with Crippen LogP contribution in [0.4, 0.5) is 0 Å². The van der Waals surface area contributed by atoms with Crippen LogP contribution in [-0.2, 0) is 15.0 Å². The Hall–Kier alpha value is -1.88. The lowest BCUT2D eigenvalue weighted by Crippen LogP contribution is -2.57. The zero-order valence-corrected chi connectivity index (χ0v) is 15.8. The van der Waals surface area contributed by atoms with Gasteiger partial charge < -0.3 is 20.2 Å². The van der Waals surface area contributed by atoms with E-state index in [1.807, 2.05) is 58.9 Å². The third-order valence-corrected chi connectivity index (χ3v) is 4.45. The predicted molar refractivity (Wildman–Crippen MR) is 96.3 cm³/mol. The molecule has 5 nitrogen and oxygen atoms in total. The van der Waals surface area contributed by atoms with E-state index in [1.54, 1.807) is 14.2 Å². The minimum Gasteiger partial charge on any atom is -0.497 e. The molecule has 2 atom stereocenters. The third kappa shape index (κ3) is 4.57. The number of methoxy groups -OCH3 is 1. The van der Waals surface area contributed by atoms with Crippen LogP contribution in [0.1, 0.15) is 40.2 Å². The lowest BCUT2D eigenvalue weighted by atomic mass is 9.76. The Labute approximate surface area is 145 Å². The van der Waals surface area contributed by atoms with Gasteiger partial charge in [0.05, 0.1) is 19.2 Å². The molecule has 1 amide bonds. The van der Waals surface area contributed by atoms with E-state index in [4.69, 9.17) is 4.74 Å². The Bertz CT molecular complexity index is 576. The number of rotatable bonds is 7. The van der Waals surface area contributed by atoms with Crippen LogP contribution in [0.25, 0.3) is 0 Å². The zero-order valence-electron chi connectivity index (χ0n) is 15.8. The highest BCUT2D eigenvalue weighted by atomic mass is 16.5. The van der Waals surface area contributed by atoms with Crippen molar-refractivity contribution < 1.29 is 14.3 Å². The summed E-state index contributed by atoms with van der Waals surface area (Å²) in [7, 11) is 3.37. The van der Waals surface area contributed by atoms with Crippen molar-refractivity contribution in [2.45, 2.75) is 52.1 Å². The van der Waals surface area contributed by atoms with E-state index in [0.29, 0.717) is 0 Å². The third-order valence-electron chi connectivity index (χ3n) is 4.45. The van der Waals surface area contributed by atoms with Gasteiger partial charge in [0.15, 0.2) is 0 Å². The molecule has 0 aliphatic carbocycles. The Kier molecular flexibility index (Phi) is 6.55. The zero-order chi connectivity index (χ0) is 18.5. The van der Waals surface area contributed by atoms with Crippen LogP contribution in [0, 0.1) is 5.41 Å². The van der Waals surface area contributed by atoms with Crippen molar-refractivity contribution in [3.8, 4) is 5.75 Å². The standard InChI is InChI=1S/C19H30N2O3/c1-18(2,3)15(12-22)21-17(23)16(20-6)19(4,5)13-9-8-10-14(11-13)24-7/h8-12,15-16,20H,1-7H3,(H,21,23). The Balaban J connectivity index is 3.09. The molecule has 0 bridgehead atoms. The molecule has 0 aromatic heterocycles. The van der Waals surface area contributed by atoms with Crippen molar-refractivity contribution in [3.05, 3.63) is 29.8 Å². The van der Waals surface area contributed by atoms with Gasteiger partial charge in [0, 0.05) is 5.41 Å². The van der Waals surface area contributed by atoms with E-state index < -0.39 is 17.5 Å². The van der Waals surface area contributed by atoms with Crippen LogP contribution < -0.4 is 15.4 Å². The van der Waals surface area contributed by atoms with Crippen LogP contribution in [-0.4, -0.2) is 38.4 Å². The van der Waals surface area contributed by atoms with Crippen LogP contribution in [0.3, 0.4) is 0 Å². The summed E-state index contributed by atoms with van der Waals surface area (Å²) in [5, 5.41) is 5.95. The molecular weight excluding hydrogens is 304 g/mol. The minimum atomic E-state index is -0.540. The molecule has 0 heterocycles. The van der Waals surface area contributed by atoms with Crippen LogP contribution in [0.2, 0.25) is 0 Å². The average molecular weight is 334 g/mol. The summed E-state index contributed by atoms with van der Waals surface area (Å²) in [4.78, 5) is 24.2. The van der Waals surface area contributed by atoms with Crippen molar-refractivity contribution in [3.63, 3.8) is 0 Å². The SMILES string of the molecule is CNC(C(=O)NC(C=O)C(C)(C)C)C(C)(C)c1cccc(OC)c1. The van der Waals surface area contributed by atoms with Gasteiger partial charge in [0.2, 0.25) is 5.91 Å². The molecule has 2 N–H and O–H groups in total. The number of likely N-dealkylation sites (N-methyl/N-ethyl adjacent to an activating group) is 1. The molecular formula is C19H30N2O3. The quantitative estimate of drug-likeness (QED) is 0.751. The molecule has 2 unspecified atom stereocenters. The molecule has 134 valence electrons. The predicted octanol–water partition coefficient (Wildman–Crippen LogP) is 2.29. The maximum absolute atomic E-state index is 12.8. The van der Waals surface area contributed by atoms with Crippen LogP contribution in [0.5, 0.6) is 5.75 Å². The highest BCUT2D eigenvalue weighted by molar-refractivity contribution is 5.86. The molecule has 0 saturated carbocycles. The maximum atomic E-state index is 12.8. The summed E-state index contributed by atoms with van der Waals surface area (Å²) in [5.74, 6) is 0.550. The van der Waals surface area contributed by atoms with Gasteiger partial charge in [0.1, 0.15) is 12.0 Å². The highest BCUT2D eigenvalue weighted by Crippen LogP contribution is 2.30. The molecule has 0 spiro atoms. The summed E-state index contributed by atoms with van der Waals surface area (Å²) in [6, 6.07) is 6.65. The average Bonchev–Trinajstić information content (AvgIpc) is 2.51. The number of benzene rings is 1. The van der Waals surface area contributed by atoms with Gasteiger partial charge in [-0.25, -0.2) is 0 Å². The summed E-state index contributed by atoms with van der Waals surface area (Å²) in [6.07, 6.45) is 0.795. The first-order chi connectivity index (χ1) is 11.1. The largest absolute Gasteiger partial charge is 0.497 e. The van der Waals surface area contributed by atoms with Crippen molar-refractivity contribution in [1.29, 1.82) is 0 Å². The molecule has 1 aromatic carbocycles. The topological polar surface area (TPSA) is 67.4 Å². The monoisotopic (exact) mass is 334 g/mol. The number of aldehydes is 1. The molecule has 0 aliphatic rings. The number of carbonyl (C=O) groups is 2. The van der Waals surface area contributed by atoms with Crippen LogP contribution in [0.15, 0.2) is 24.3 Å². The number of ether oxygens (including phenoxy) is 1. The molecule has 0 fully saturated rings. The number of hydrogen-bond donors (Lipinski definition) is 2. The highest BCUT2D eigenvalue weighted by Gasteiger charge is 2.38. The second kappa shape index (κ2) is 7.79. The van der Waals surface area contributed by atoms with Gasteiger partial charge in [-0.15, -0.1) is 0 Å². The molecule has 24 heavy (non-hydrogen) atoms. The van der Waals surface area contributed by atoms with E-state index in [9.17, 15) is 9.59 Å². The van der Waals surface area contributed by atoms with E-state index in [1.165, 1.54) is 0 Å². The minimum absolute atomic E-state index is 0.197. The van der Waals surface area contributed by atoms with Gasteiger partial charge in [-0.3, -0.25) is 4.79 Å². The molecule has 1 rings (SSSR count). The number of nitrogens with one attached hydrogen (secondary N) is 2. The fourth-order valence-corrected chi connectivity index (χ4v) is 2.70. The van der Waals surface area contributed by atoms with Crippen molar-refractivity contribution >= 4 is 12.2 Å². The van der Waals surface area contributed by atoms with Gasteiger partial charge in [-0.05, 0) is 30.2 Å². The lowest BCUT2D eigenvalue weighted by molar-refractivity contribution is -0.128. The second-order valence-corrected chi connectivity index (χ2v) is 7.66. The molecule has 0 radical (unpaired) electrons. The van der Waals surface area contributed by atoms with E-state index in [0.717, 1.165) is 17.6 Å². The Morgan fingerprint density at radius 2 is 1.83 bits per heavy atom. The first-order valence-corrected chi connectivity index (χ1v) is 8.15. The Morgan fingerprint density at radius 3 is 2.29 bits per heavy atom. The molecule has 1 aromatic rings. The normalized spacial score (nSPS) is 14.6. The number of amides is 1. The fraction of sp³-hybridized carbons (Fsp3) is 0.579. The van der Waals surface area contributed by atoms with Gasteiger partial charge in [0.25, 0.3) is 0 Å². The summed E-state index contributed by atoms with van der Waals surface area (Å²) in [6.45, 7) is 9.76. The number of hydrogen-bond acceptors (Lipinski definition) is 4. The summed E-state index contributed by atoms with van der Waals surface area (Å²) < 4.78 is 5.28. The summed E-state index contributed by atoms with van der Waals surface area (Å²) in [5.41, 5.74) is 0.156. The fourth-order valence-electron chi connectivity index (χ4n) is 2.70. The lowest BCUT2D eigenvalue weighted by Gasteiger charge is -2.36. The van der Waals surface area contributed by atoms with Gasteiger partial charge in [-0.1, -0.05) is 46.8 Å². The molecule has 5 heteroatoms. The Morgan fingerprint density at radius 1 is 1.21 bits per heavy atom. The molecule has 0 saturated heterocycles. The van der Waals surface area contributed by atoms with Gasteiger partial charge >= 0.3 is 0 Å². The van der Waals surface area contributed by atoms with Crippen molar-refractivity contribution in [1.82, 2.24) is 10.6 Å². The number of carbonyl (C=O) groups excluding carboxylic acids is 2. The van der Waals surface area contributed by atoms with Crippen LogP contribution >= 0.6 is 0 Å². The first kappa shape index (κ1) is 20.2. The van der Waals surface area contributed by atoms with E-state index in [-0.39, 0.29) is 11.3 Å².